The Bertz CT molecular complexity index is 984. The molecule has 3 fully saturated rings. The molecule has 14 nitrogen and oxygen atoms in total. The van der Waals surface area contributed by atoms with Crippen molar-refractivity contribution in [2.75, 3.05) is 27.4 Å². The molecule has 3 aliphatic rings. The van der Waals surface area contributed by atoms with E-state index in [9.17, 15) is 40.2 Å². The van der Waals surface area contributed by atoms with Crippen molar-refractivity contribution in [1.29, 1.82) is 0 Å². The van der Waals surface area contributed by atoms with Crippen LogP contribution in [0.5, 0.6) is 5.75 Å². The molecular formula is C23H30O14. The molecule has 0 aliphatic carbocycles. The fourth-order valence-electron chi connectivity index (χ4n) is 4.97. The van der Waals surface area contributed by atoms with Gasteiger partial charge in [0.25, 0.3) is 5.79 Å². The number of fused-ring (bicyclic) bond motifs is 1. The zero-order valence-electron chi connectivity index (χ0n) is 20.0. The van der Waals surface area contributed by atoms with Crippen LogP contribution in [0.15, 0.2) is 24.3 Å². The Morgan fingerprint density at radius 2 is 1.78 bits per heavy atom. The molecule has 0 bridgehead atoms. The molecule has 3 saturated heterocycles. The molecule has 0 radical (unpaired) electrons. The van der Waals surface area contributed by atoms with E-state index >= 15 is 0 Å². The highest BCUT2D eigenvalue weighted by Crippen LogP contribution is 2.54. The summed E-state index contributed by atoms with van der Waals surface area (Å²) >= 11 is 0. The van der Waals surface area contributed by atoms with Gasteiger partial charge >= 0.3 is 11.9 Å². The van der Waals surface area contributed by atoms with E-state index in [0.717, 1.165) is 7.11 Å². The maximum absolute atomic E-state index is 13.3. The molecule has 3 heterocycles. The highest BCUT2D eigenvalue weighted by atomic mass is 16.8. The molecule has 206 valence electrons. The number of carbonyl (C=O) groups is 2. The molecule has 0 aromatic heterocycles. The maximum Gasteiger partial charge on any atom is 0.345 e. The molecule has 0 saturated carbocycles. The molecular weight excluding hydrogens is 500 g/mol. The third kappa shape index (κ3) is 4.37. The van der Waals surface area contributed by atoms with Crippen LogP contribution in [0.3, 0.4) is 0 Å². The van der Waals surface area contributed by atoms with Crippen LogP contribution in [0.4, 0.5) is 0 Å². The maximum atomic E-state index is 13.3. The van der Waals surface area contributed by atoms with Crippen molar-refractivity contribution >= 4 is 11.9 Å². The van der Waals surface area contributed by atoms with Crippen molar-refractivity contribution < 1.29 is 68.6 Å². The number of methoxy groups -OCH3 is 2. The van der Waals surface area contributed by atoms with Crippen LogP contribution in [-0.4, -0.2) is 124 Å². The van der Waals surface area contributed by atoms with E-state index in [1.165, 1.54) is 31.4 Å². The Morgan fingerprint density at radius 3 is 2.38 bits per heavy atom. The van der Waals surface area contributed by atoms with Crippen LogP contribution in [0.1, 0.15) is 17.9 Å². The van der Waals surface area contributed by atoms with Gasteiger partial charge in [0.1, 0.15) is 36.3 Å². The minimum atomic E-state index is -2.82. The Hall–Kier alpha value is -2.40. The summed E-state index contributed by atoms with van der Waals surface area (Å²) in [5.74, 6) is -5.66. The molecule has 37 heavy (non-hydrogen) atoms. The van der Waals surface area contributed by atoms with Gasteiger partial charge in [-0.25, -0.2) is 4.79 Å². The van der Waals surface area contributed by atoms with Crippen molar-refractivity contribution in [2.45, 2.75) is 66.6 Å². The zero-order valence-corrected chi connectivity index (χ0v) is 20.0. The van der Waals surface area contributed by atoms with E-state index < -0.39 is 91.8 Å². The Morgan fingerprint density at radius 1 is 1.11 bits per heavy atom. The second-order valence-corrected chi connectivity index (χ2v) is 9.06. The Labute approximate surface area is 210 Å². The van der Waals surface area contributed by atoms with Gasteiger partial charge in [0.05, 0.1) is 33.9 Å². The number of rotatable bonds is 8. The van der Waals surface area contributed by atoms with Crippen LogP contribution in [0, 0.1) is 0 Å². The van der Waals surface area contributed by atoms with E-state index in [4.69, 9.17) is 28.4 Å². The van der Waals surface area contributed by atoms with Crippen LogP contribution in [0.25, 0.3) is 0 Å². The molecule has 14 heteroatoms. The summed E-state index contributed by atoms with van der Waals surface area (Å²) in [4.78, 5) is 25.7. The fraction of sp³-hybridized carbons (Fsp3) is 0.652. The fourth-order valence-corrected chi connectivity index (χ4v) is 4.97. The molecule has 3 aliphatic heterocycles. The number of esters is 2. The molecule has 1 aromatic rings. The summed E-state index contributed by atoms with van der Waals surface area (Å²) in [5, 5.41) is 63.0. The summed E-state index contributed by atoms with van der Waals surface area (Å²) in [7, 11) is 2.55. The summed E-state index contributed by atoms with van der Waals surface area (Å²) in [6.45, 7) is -1.26. The van der Waals surface area contributed by atoms with Crippen LogP contribution in [0.2, 0.25) is 0 Å². The molecule has 10 atom stereocenters. The summed E-state index contributed by atoms with van der Waals surface area (Å²) in [5.41, 5.74) is -2.58. The topological polar surface area (TPSA) is 211 Å². The second-order valence-electron chi connectivity index (χ2n) is 9.06. The smallest absolute Gasteiger partial charge is 0.345 e. The third-order valence-corrected chi connectivity index (χ3v) is 7.03. The number of aliphatic hydroxyl groups is 6. The average molecular weight is 530 g/mol. The van der Waals surface area contributed by atoms with E-state index in [2.05, 4.69) is 0 Å². The number of aliphatic hydroxyl groups excluding tert-OH is 5. The largest absolute Gasteiger partial charge is 0.497 e. The lowest BCUT2D eigenvalue weighted by atomic mass is 9.74. The lowest BCUT2D eigenvalue weighted by Crippen LogP contribution is -2.67. The third-order valence-electron chi connectivity index (χ3n) is 7.03. The molecule has 1 aromatic carbocycles. The van der Waals surface area contributed by atoms with Gasteiger partial charge < -0.3 is 59.1 Å². The summed E-state index contributed by atoms with van der Waals surface area (Å²) in [6, 6.07) is 6.02. The standard InChI is InChI=1S/C23H30O14/c1-32-11-5-3-10(4-6-11)12(7-15(26)33-2)22(31)21(30)36-19-13(25)9-34-23(19,22)37-20-18(29)17(28)16(27)14(8-24)35-20/h3-6,12-14,16-20,24-25,27-29,31H,7-9H2,1-2H3/t12-,13?,14-,16+,17-,18+,19?,20-,22+,23?/m1/s1. The number of hydrogen-bond donors (Lipinski definition) is 6. The monoisotopic (exact) mass is 530 g/mol. The predicted octanol–water partition coefficient (Wildman–Crippen LogP) is -3.10. The normalized spacial score (nSPS) is 40.1. The Kier molecular flexibility index (Phi) is 7.77. The van der Waals surface area contributed by atoms with Gasteiger partial charge in [-0.15, -0.1) is 0 Å². The van der Waals surface area contributed by atoms with E-state index in [0.29, 0.717) is 5.75 Å². The number of ether oxygens (including phenoxy) is 6. The SMILES string of the molecule is COC(=O)C[C@H](c1ccc(OC)cc1)[C@]1(O)C(=O)OC2C(O)COC21O[C@H]1O[C@H](CO)[C@H](O)[C@@H](O)[C@@H]1O. The molecule has 4 rings (SSSR count). The van der Waals surface area contributed by atoms with Gasteiger partial charge in [0, 0.05) is 5.92 Å². The summed E-state index contributed by atoms with van der Waals surface area (Å²) < 4.78 is 32.1. The van der Waals surface area contributed by atoms with E-state index in [1.54, 1.807) is 0 Å². The minimum Gasteiger partial charge on any atom is -0.497 e. The second kappa shape index (κ2) is 10.4. The number of hydrogen-bond acceptors (Lipinski definition) is 14. The van der Waals surface area contributed by atoms with Gasteiger partial charge in [0.15, 0.2) is 12.4 Å². The first kappa shape index (κ1) is 27.6. The zero-order chi connectivity index (χ0) is 27.1. The Balaban J connectivity index is 1.81. The van der Waals surface area contributed by atoms with Crippen LogP contribution < -0.4 is 4.74 Å². The first-order valence-electron chi connectivity index (χ1n) is 11.5. The van der Waals surface area contributed by atoms with Crippen molar-refractivity contribution in [3.63, 3.8) is 0 Å². The number of carbonyl (C=O) groups excluding carboxylic acids is 2. The lowest BCUT2D eigenvalue weighted by Gasteiger charge is -2.46. The molecule has 6 N–H and O–H groups in total. The van der Waals surface area contributed by atoms with Crippen LogP contribution >= 0.6 is 0 Å². The summed E-state index contributed by atoms with van der Waals surface area (Å²) in [6.07, 6.45) is -12.5. The van der Waals surface area contributed by atoms with Gasteiger partial charge in [-0.05, 0) is 17.7 Å². The first-order chi connectivity index (χ1) is 17.5. The minimum absolute atomic E-state index is 0.244. The van der Waals surface area contributed by atoms with Gasteiger partial charge in [-0.3, -0.25) is 4.79 Å². The van der Waals surface area contributed by atoms with E-state index in [-0.39, 0.29) is 5.56 Å². The van der Waals surface area contributed by atoms with Gasteiger partial charge in [-0.1, -0.05) is 12.1 Å². The average Bonchev–Trinajstić information content (AvgIpc) is 3.33. The highest BCUT2D eigenvalue weighted by molar-refractivity contribution is 5.87. The van der Waals surface area contributed by atoms with Gasteiger partial charge in [0.2, 0.25) is 5.60 Å². The highest BCUT2D eigenvalue weighted by Gasteiger charge is 2.78. The predicted molar refractivity (Wildman–Crippen MR) is 117 cm³/mol. The van der Waals surface area contributed by atoms with Gasteiger partial charge in [-0.2, -0.15) is 0 Å². The van der Waals surface area contributed by atoms with Crippen molar-refractivity contribution in [3.05, 3.63) is 29.8 Å². The molecule has 3 unspecified atom stereocenters. The van der Waals surface area contributed by atoms with Crippen molar-refractivity contribution in [2.24, 2.45) is 0 Å². The van der Waals surface area contributed by atoms with E-state index in [1.807, 2.05) is 0 Å². The molecule has 0 amide bonds. The number of benzene rings is 1. The lowest BCUT2D eigenvalue weighted by molar-refractivity contribution is -0.391. The quantitative estimate of drug-likeness (QED) is 0.184. The first-order valence-corrected chi connectivity index (χ1v) is 11.5. The van der Waals surface area contributed by atoms with Crippen molar-refractivity contribution in [3.8, 4) is 5.75 Å². The van der Waals surface area contributed by atoms with Crippen LogP contribution in [-0.2, 0) is 33.3 Å². The molecule has 0 spiro atoms. The van der Waals surface area contributed by atoms with Crippen molar-refractivity contribution in [1.82, 2.24) is 0 Å².